The van der Waals surface area contributed by atoms with Crippen molar-refractivity contribution in [1.82, 2.24) is 0 Å². The molecule has 0 spiro atoms. The molecule has 68 heavy (non-hydrogen) atoms. The van der Waals surface area contributed by atoms with Crippen LogP contribution in [0.25, 0.3) is 0 Å². The summed E-state index contributed by atoms with van der Waals surface area (Å²) in [6, 6.07) is 0. The van der Waals surface area contributed by atoms with Gasteiger partial charge in [-0.1, -0.05) is 137 Å². The Bertz CT molecular complexity index is 1700. The Balaban J connectivity index is 2.69. The minimum Gasteiger partial charge on any atom is -0.462 e. The predicted molar refractivity (Wildman–Crippen MR) is 261 cm³/mol. The van der Waals surface area contributed by atoms with Crippen molar-refractivity contribution in [3.8, 4) is 0 Å². The number of rotatable bonds is 38. The molecule has 0 amide bonds. The van der Waals surface area contributed by atoms with E-state index in [9.17, 15) is 58.9 Å². The Kier molecular flexibility index (Phi) is 35.7. The van der Waals surface area contributed by atoms with E-state index in [1.54, 1.807) is 18.2 Å². The van der Waals surface area contributed by atoms with Crippen molar-refractivity contribution in [1.29, 1.82) is 0 Å². The smallest absolute Gasteiger partial charge is 0.462 e. The van der Waals surface area contributed by atoms with Crippen molar-refractivity contribution in [2.24, 2.45) is 0 Å². The van der Waals surface area contributed by atoms with Crippen LogP contribution in [0.4, 0.5) is 0 Å². The predicted octanol–water partition coefficient (Wildman–Crippen LogP) is 8.14. The van der Waals surface area contributed by atoms with E-state index in [0.29, 0.717) is 25.7 Å². The summed E-state index contributed by atoms with van der Waals surface area (Å²) < 4.78 is 49.2. The van der Waals surface area contributed by atoms with Gasteiger partial charge < -0.3 is 49.7 Å². The van der Waals surface area contributed by atoms with Gasteiger partial charge in [0.25, 0.3) is 0 Å². The molecule has 17 nitrogen and oxygen atoms in total. The number of unbranched alkanes of at least 4 members (excludes halogenated alkanes) is 8. The Hall–Kier alpha value is -3.12. The lowest BCUT2D eigenvalue weighted by Gasteiger charge is -2.43. The number of phosphoric acid groups is 2. The van der Waals surface area contributed by atoms with E-state index in [4.69, 9.17) is 18.5 Å². The van der Waals surface area contributed by atoms with E-state index >= 15 is 0 Å². The van der Waals surface area contributed by atoms with Crippen molar-refractivity contribution in [2.75, 3.05) is 13.2 Å². The summed E-state index contributed by atoms with van der Waals surface area (Å²) in [5.74, 6) is -1.37. The van der Waals surface area contributed by atoms with E-state index in [0.717, 1.165) is 64.2 Å². The average molecular weight is 1000 g/mol. The number of allylic oxidation sites excluding steroid dienone is 14. The molecule has 0 heterocycles. The molecule has 6 unspecified atom stereocenters. The van der Waals surface area contributed by atoms with Crippen LogP contribution in [0.1, 0.15) is 136 Å². The van der Waals surface area contributed by atoms with Gasteiger partial charge in [0.2, 0.25) is 0 Å². The zero-order valence-corrected chi connectivity index (χ0v) is 41.6. The topological polar surface area (TPSA) is 276 Å². The second-order valence-corrected chi connectivity index (χ2v) is 18.9. The number of aliphatic hydroxyl groups excluding tert-OH is 5. The molecule has 388 valence electrons. The Morgan fingerprint density at radius 3 is 1.69 bits per heavy atom. The number of esters is 2. The SMILES string of the molecule is CC/C=C\C/C=C\C/C=C\C/C=C\CCCCCCC(=O)O[C@H](COC(=O)CCC/C=C/C=C\C(O)C/C=C\C/C=C\CCCCC)COP(=O)(O)O[C@H]1C(O)C(O)C(O)[C@@H](OP(=O)(O)O)C1O. The number of ether oxygens (including phenoxy) is 2. The van der Waals surface area contributed by atoms with Crippen LogP contribution >= 0.6 is 15.6 Å². The molecule has 0 bridgehead atoms. The third-order valence-corrected chi connectivity index (χ3v) is 11.7. The van der Waals surface area contributed by atoms with Gasteiger partial charge in [-0.2, -0.15) is 0 Å². The monoisotopic (exact) mass is 1000 g/mol. The molecule has 0 saturated heterocycles. The van der Waals surface area contributed by atoms with Gasteiger partial charge in [-0.05, 0) is 83.5 Å². The number of carbonyl (C=O) groups is 2. The minimum atomic E-state index is -5.39. The van der Waals surface area contributed by atoms with Gasteiger partial charge in [-0.15, -0.1) is 0 Å². The largest absolute Gasteiger partial charge is 0.472 e. The molecule has 1 aliphatic carbocycles. The number of hydrogen-bond donors (Lipinski definition) is 8. The highest BCUT2D eigenvalue weighted by molar-refractivity contribution is 7.47. The second-order valence-electron chi connectivity index (χ2n) is 16.3. The van der Waals surface area contributed by atoms with Gasteiger partial charge in [-0.25, -0.2) is 9.13 Å². The Morgan fingerprint density at radius 2 is 1.09 bits per heavy atom. The van der Waals surface area contributed by atoms with E-state index < -0.39 is 89.6 Å². The molecule has 1 aliphatic rings. The first-order chi connectivity index (χ1) is 32.5. The summed E-state index contributed by atoms with van der Waals surface area (Å²) in [6.07, 6.45) is 31.0. The number of carbonyl (C=O) groups excluding carboxylic acids is 2. The molecule has 0 radical (unpaired) electrons. The molecular formula is C49H80O17P2. The first-order valence-electron chi connectivity index (χ1n) is 23.9. The number of hydrogen-bond acceptors (Lipinski definition) is 14. The van der Waals surface area contributed by atoms with Crippen LogP contribution in [0.5, 0.6) is 0 Å². The summed E-state index contributed by atoms with van der Waals surface area (Å²) in [6.45, 7) is 2.81. The number of aliphatic hydroxyl groups is 5. The van der Waals surface area contributed by atoms with Crippen molar-refractivity contribution < 1.29 is 82.0 Å². The maximum Gasteiger partial charge on any atom is 0.472 e. The fourth-order valence-corrected chi connectivity index (χ4v) is 8.04. The Morgan fingerprint density at radius 1 is 0.559 bits per heavy atom. The quantitative estimate of drug-likeness (QED) is 0.00953. The molecule has 1 fully saturated rings. The van der Waals surface area contributed by atoms with E-state index in [1.165, 1.54) is 19.3 Å². The summed E-state index contributed by atoms with van der Waals surface area (Å²) in [7, 11) is -10.7. The summed E-state index contributed by atoms with van der Waals surface area (Å²) in [4.78, 5) is 54.3. The zero-order chi connectivity index (χ0) is 50.5. The minimum absolute atomic E-state index is 0.0191. The lowest BCUT2D eigenvalue weighted by molar-refractivity contribution is -0.216. The van der Waals surface area contributed by atoms with Crippen molar-refractivity contribution >= 4 is 27.6 Å². The normalized spacial score (nSPS) is 22.6. The van der Waals surface area contributed by atoms with Gasteiger partial charge >= 0.3 is 27.6 Å². The van der Waals surface area contributed by atoms with Gasteiger partial charge in [0.05, 0.1) is 12.7 Å². The molecule has 1 saturated carbocycles. The van der Waals surface area contributed by atoms with E-state index in [2.05, 4.69) is 79.1 Å². The highest BCUT2D eigenvalue weighted by Crippen LogP contribution is 2.49. The third kappa shape index (κ3) is 32.6. The molecule has 0 aromatic rings. The van der Waals surface area contributed by atoms with Crippen LogP contribution in [0.3, 0.4) is 0 Å². The number of phosphoric ester groups is 2. The van der Waals surface area contributed by atoms with E-state index in [-0.39, 0.29) is 12.8 Å². The summed E-state index contributed by atoms with van der Waals surface area (Å²) in [5, 5.41) is 51.4. The van der Waals surface area contributed by atoms with Crippen molar-refractivity contribution in [2.45, 2.75) is 185 Å². The van der Waals surface area contributed by atoms with Crippen LogP contribution in [-0.4, -0.2) is 114 Å². The fraction of sp³-hybridized carbons (Fsp3) is 0.633. The highest BCUT2D eigenvalue weighted by Gasteiger charge is 2.54. The lowest BCUT2D eigenvalue weighted by Crippen LogP contribution is -2.64. The standard InChI is InChI=1S/C49H80O17P2/c1-3-5-7-9-11-13-14-15-16-17-18-19-20-22-24-28-33-37-43(52)64-41(39-63-68(60,61)66-49-46(55)44(53)45(54)48(47(49)56)65-67(57,58)59)38-62-42(51)36-32-29-25-27-31-35-40(50)34-30-26-23-21-12-10-8-6-4-2/h5,7,11-13,15-16,18-19,21,25-27,30-31,35,40-41,44-50,53-56H,3-4,6,8-10,14,17,20,22-24,28-29,32-34,36-39H2,1-2H3,(H,60,61)(H2,57,58,59)/b7-5-,13-11-,16-15-,19-18-,21-12-,27-25+,30-26-,35-31-/t40?,41-,44?,45?,46?,47?,48-,49+/m1/s1. The molecule has 0 aromatic heterocycles. The third-order valence-electron chi connectivity index (χ3n) is 10.2. The molecule has 9 atom stereocenters. The molecule has 19 heteroatoms. The van der Waals surface area contributed by atoms with Crippen LogP contribution in [0, 0.1) is 0 Å². The first-order valence-corrected chi connectivity index (χ1v) is 26.9. The maximum atomic E-state index is 13.0. The Labute approximate surface area is 403 Å². The van der Waals surface area contributed by atoms with Gasteiger partial charge in [0.15, 0.2) is 6.10 Å². The second kappa shape index (κ2) is 38.6. The van der Waals surface area contributed by atoms with Gasteiger partial charge in [0, 0.05) is 12.8 Å². The fourth-order valence-electron chi connectivity index (χ4n) is 6.50. The van der Waals surface area contributed by atoms with Gasteiger partial charge in [0.1, 0.15) is 43.2 Å². The average Bonchev–Trinajstić information content (AvgIpc) is 3.29. The summed E-state index contributed by atoms with van der Waals surface area (Å²) >= 11 is 0. The first kappa shape index (κ1) is 62.9. The van der Waals surface area contributed by atoms with Crippen molar-refractivity contribution in [3.63, 3.8) is 0 Å². The molecule has 0 aromatic carbocycles. The molecule has 8 N–H and O–H groups in total. The maximum absolute atomic E-state index is 13.0. The summed E-state index contributed by atoms with van der Waals surface area (Å²) in [5.41, 5.74) is 0. The van der Waals surface area contributed by atoms with Crippen LogP contribution in [0.15, 0.2) is 97.2 Å². The molecule has 0 aliphatic heterocycles. The molecule has 1 rings (SSSR count). The van der Waals surface area contributed by atoms with E-state index in [1.807, 2.05) is 18.2 Å². The highest BCUT2D eigenvalue weighted by atomic mass is 31.2. The van der Waals surface area contributed by atoms with Crippen LogP contribution < -0.4 is 0 Å². The van der Waals surface area contributed by atoms with Crippen LogP contribution in [-0.2, 0) is 41.8 Å². The van der Waals surface area contributed by atoms with Crippen LogP contribution in [0.2, 0.25) is 0 Å². The lowest BCUT2D eigenvalue weighted by atomic mass is 9.85. The van der Waals surface area contributed by atoms with Gasteiger partial charge in [-0.3, -0.25) is 23.2 Å². The zero-order valence-electron chi connectivity index (χ0n) is 39.9. The van der Waals surface area contributed by atoms with Crippen molar-refractivity contribution in [3.05, 3.63) is 97.2 Å². The molecular weight excluding hydrogens is 922 g/mol.